The zero-order valence-corrected chi connectivity index (χ0v) is 12.0. The number of carbonyl (C=O) groups is 2. The first-order valence-corrected chi connectivity index (χ1v) is 6.22. The Hall–Kier alpha value is -2.30. The smallest absolute Gasteiger partial charge is 0.324 e. The molecule has 0 saturated heterocycles. The summed E-state index contributed by atoms with van der Waals surface area (Å²) in [6.45, 7) is 1.87. The molecule has 0 N–H and O–H groups in total. The topological polar surface area (TPSA) is 57.5 Å². The second-order valence-corrected chi connectivity index (χ2v) is 4.55. The molecule has 0 amide bonds. The van der Waals surface area contributed by atoms with Crippen LogP contribution in [0.1, 0.15) is 17.2 Å². The number of hydrogen-bond acceptors (Lipinski definition) is 4. The predicted octanol–water partition coefficient (Wildman–Crippen LogP) is 1.92. The maximum atomic E-state index is 12.0. The number of aromatic nitrogens is 1. The lowest BCUT2D eigenvalue weighted by atomic mass is 9.96. The van der Waals surface area contributed by atoms with Crippen LogP contribution in [0.25, 0.3) is 10.9 Å². The number of benzene rings is 1. The first-order chi connectivity index (χ1) is 9.52. The molecule has 0 unspecified atom stereocenters. The number of nitrogens with zero attached hydrogens (tertiary/aromatic N) is 1. The van der Waals surface area contributed by atoms with Crippen LogP contribution in [0, 0.1) is 6.92 Å². The fraction of sp³-hybridized carbons (Fsp3) is 0.333. The maximum Gasteiger partial charge on any atom is 0.324 e. The third-order valence-corrected chi connectivity index (χ3v) is 3.61. The third-order valence-electron chi connectivity index (χ3n) is 3.61. The van der Waals surface area contributed by atoms with E-state index in [1.165, 1.54) is 14.2 Å². The van der Waals surface area contributed by atoms with Gasteiger partial charge in [-0.2, -0.15) is 0 Å². The van der Waals surface area contributed by atoms with Gasteiger partial charge in [0.2, 0.25) is 0 Å². The first kappa shape index (κ1) is 14.1. The minimum atomic E-state index is -1.06. The van der Waals surface area contributed by atoms with Crippen LogP contribution < -0.4 is 0 Å². The van der Waals surface area contributed by atoms with E-state index in [0.29, 0.717) is 5.56 Å². The minimum absolute atomic E-state index is 0.615. The molecule has 0 saturated carbocycles. The van der Waals surface area contributed by atoms with Crippen LogP contribution >= 0.6 is 0 Å². The van der Waals surface area contributed by atoms with Crippen molar-refractivity contribution in [3.05, 3.63) is 35.5 Å². The molecule has 20 heavy (non-hydrogen) atoms. The first-order valence-electron chi connectivity index (χ1n) is 6.22. The SMILES string of the molecule is COC(=O)C(C(=O)OC)c1c(C)n(C)c2ccccc12. The van der Waals surface area contributed by atoms with Crippen LogP contribution in [0.5, 0.6) is 0 Å². The number of methoxy groups -OCH3 is 2. The Balaban J connectivity index is 2.74. The molecule has 2 rings (SSSR count). The van der Waals surface area contributed by atoms with Crippen molar-refractivity contribution in [3.63, 3.8) is 0 Å². The fourth-order valence-electron chi connectivity index (χ4n) is 2.48. The van der Waals surface area contributed by atoms with E-state index < -0.39 is 17.9 Å². The molecule has 0 radical (unpaired) electrons. The number of para-hydroxylation sites is 1. The largest absolute Gasteiger partial charge is 0.468 e. The minimum Gasteiger partial charge on any atom is -0.468 e. The van der Waals surface area contributed by atoms with Gasteiger partial charge in [0.05, 0.1) is 14.2 Å². The number of rotatable bonds is 3. The summed E-state index contributed by atoms with van der Waals surface area (Å²) in [5, 5.41) is 0.855. The summed E-state index contributed by atoms with van der Waals surface area (Å²) in [5.74, 6) is -2.29. The van der Waals surface area contributed by atoms with Gasteiger partial charge in [-0.25, -0.2) is 0 Å². The predicted molar refractivity (Wildman–Crippen MR) is 74.4 cm³/mol. The van der Waals surface area contributed by atoms with Crippen molar-refractivity contribution >= 4 is 22.8 Å². The van der Waals surface area contributed by atoms with Gasteiger partial charge in [0.25, 0.3) is 0 Å². The Morgan fingerprint density at radius 2 is 1.65 bits per heavy atom. The van der Waals surface area contributed by atoms with Crippen molar-refractivity contribution in [2.24, 2.45) is 7.05 Å². The quantitative estimate of drug-likeness (QED) is 0.634. The zero-order valence-electron chi connectivity index (χ0n) is 12.0. The Bertz CT molecular complexity index is 656. The molecule has 0 atom stereocenters. The molecule has 0 aliphatic heterocycles. The summed E-state index contributed by atoms with van der Waals surface area (Å²) in [7, 11) is 4.42. The van der Waals surface area contributed by atoms with Gasteiger partial charge < -0.3 is 14.0 Å². The summed E-state index contributed by atoms with van der Waals surface area (Å²) in [4.78, 5) is 24.0. The van der Waals surface area contributed by atoms with E-state index in [9.17, 15) is 9.59 Å². The highest BCUT2D eigenvalue weighted by Crippen LogP contribution is 2.32. The lowest BCUT2D eigenvalue weighted by molar-refractivity contribution is -0.154. The van der Waals surface area contributed by atoms with Crippen molar-refractivity contribution in [2.75, 3.05) is 14.2 Å². The Labute approximate surface area is 117 Å². The lowest BCUT2D eigenvalue weighted by Crippen LogP contribution is -2.25. The van der Waals surface area contributed by atoms with Crippen molar-refractivity contribution in [1.82, 2.24) is 4.57 Å². The van der Waals surface area contributed by atoms with Crippen LogP contribution in [0.4, 0.5) is 0 Å². The fourth-order valence-corrected chi connectivity index (χ4v) is 2.48. The van der Waals surface area contributed by atoms with Gasteiger partial charge in [-0.15, -0.1) is 0 Å². The number of ether oxygens (including phenoxy) is 2. The van der Waals surface area contributed by atoms with E-state index >= 15 is 0 Å². The molecule has 0 aliphatic carbocycles. The molecule has 5 nitrogen and oxygen atoms in total. The van der Waals surface area contributed by atoms with Crippen molar-refractivity contribution in [1.29, 1.82) is 0 Å². The monoisotopic (exact) mass is 275 g/mol. The van der Waals surface area contributed by atoms with Gasteiger partial charge in [-0.3, -0.25) is 9.59 Å². The molecule has 0 aliphatic rings. The van der Waals surface area contributed by atoms with E-state index in [1.54, 1.807) is 0 Å². The second kappa shape index (κ2) is 5.36. The molecule has 1 aromatic carbocycles. The molecule has 1 aromatic heterocycles. The van der Waals surface area contributed by atoms with E-state index in [-0.39, 0.29) is 0 Å². The van der Waals surface area contributed by atoms with Gasteiger partial charge >= 0.3 is 11.9 Å². The molecule has 0 fully saturated rings. The van der Waals surface area contributed by atoms with Crippen LogP contribution in [0.15, 0.2) is 24.3 Å². The summed E-state index contributed by atoms with van der Waals surface area (Å²) in [6, 6.07) is 7.61. The highest BCUT2D eigenvalue weighted by molar-refractivity contribution is 6.05. The van der Waals surface area contributed by atoms with Crippen LogP contribution in [-0.4, -0.2) is 30.7 Å². The van der Waals surface area contributed by atoms with Crippen molar-refractivity contribution < 1.29 is 19.1 Å². The molecular formula is C15H17NO4. The molecule has 0 bridgehead atoms. The Morgan fingerprint density at radius 1 is 1.10 bits per heavy atom. The van der Waals surface area contributed by atoms with E-state index in [0.717, 1.165) is 16.6 Å². The van der Waals surface area contributed by atoms with Crippen LogP contribution in [-0.2, 0) is 26.1 Å². The molecular weight excluding hydrogens is 258 g/mol. The number of fused-ring (bicyclic) bond motifs is 1. The van der Waals surface area contributed by atoms with Gasteiger partial charge in [-0.05, 0) is 13.0 Å². The summed E-state index contributed by atoms with van der Waals surface area (Å²) >= 11 is 0. The highest BCUT2D eigenvalue weighted by atomic mass is 16.5. The second-order valence-electron chi connectivity index (χ2n) is 4.55. The standard InChI is InChI=1S/C15H17NO4/c1-9-12(13(14(17)19-3)15(18)20-4)10-7-5-6-8-11(10)16(9)2/h5-8,13H,1-4H3. The Morgan fingerprint density at radius 3 is 2.20 bits per heavy atom. The van der Waals surface area contributed by atoms with Gasteiger partial charge in [-0.1, -0.05) is 18.2 Å². The summed E-state index contributed by atoms with van der Waals surface area (Å²) in [5.41, 5.74) is 2.44. The van der Waals surface area contributed by atoms with E-state index in [2.05, 4.69) is 0 Å². The van der Waals surface area contributed by atoms with Gasteiger partial charge in [0.15, 0.2) is 5.92 Å². The molecule has 2 aromatic rings. The number of esters is 2. The summed E-state index contributed by atoms with van der Waals surface area (Å²) in [6.07, 6.45) is 0. The Kier molecular flexibility index (Phi) is 3.79. The summed E-state index contributed by atoms with van der Waals surface area (Å²) < 4.78 is 11.5. The van der Waals surface area contributed by atoms with Gasteiger partial charge in [0, 0.05) is 29.2 Å². The molecule has 5 heteroatoms. The third kappa shape index (κ3) is 2.05. The van der Waals surface area contributed by atoms with Crippen LogP contribution in [0.2, 0.25) is 0 Å². The van der Waals surface area contributed by atoms with Gasteiger partial charge in [0.1, 0.15) is 0 Å². The molecule has 0 spiro atoms. The molecule has 1 heterocycles. The maximum absolute atomic E-state index is 12.0. The lowest BCUT2D eigenvalue weighted by Gasteiger charge is -2.13. The number of carbonyl (C=O) groups excluding carboxylic acids is 2. The number of aryl methyl sites for hydroxylation is 1. The van der Waals surface area contributed by atoms with Crippen molar-refractivity contribution in [3.8, 4) is 0 Å². The average molecular weight is 275 g/mol. The average Bonchev–Trinajstić information content (AvgIpc) is 2.72. The van der Waals surface area contributed by atoms with E-state index in [1.807, 2.05) is 42.8 Å². The zero-order chi connectivity index (χ0) is 14.9. The highest BCUT2D eigenvalue weighted by Gasteiger charge is 2.34. The van der Waals surface area contributed by atoms with Crippen molar-refractivity contribution in [2.45, 2.75) is 12.8 Å². The van der Waals surface area contributed by atoms with Crippen LogP contribution in [0.3, 0.4) is 0 Å². The van der Waals surface area contributed by atoms with E-state index in [4.69, 9.17) is 9.47 Å². The normalized spacial score (nSPS) is 10.8. The molecule has 106 valence electrons. The number of hydrogen-bond donors (Lipinski definition) is 0.